The minimum absolute atomic E-state index is 0.0125. The molecule has 0 aromatic rings. The molecule has 0 spiro atoms. The van der Waals surface area contributed by atoms with Gasteiger partial charge in [0.05, 0.1) is 0 Å². The van der Waals surface area contributed by atoms with Gasteiger partial charge in [0.2, 0.25) is 5.91 Å². The maximum absolute atomic E-state index is 12.2. The molecule has 1 saturated heterocycles. The topological polar surface area (TPSA) is 113 Å². The van der Waals surface area contributed by atoms with Gasteiger partial charge in [0.25, 0.3) is 0 Å². The Morgan fingerprint density at radius 2 is 2.05 bits per heavy atom. The number of amides is 3. The van der Waals surface area contributed by atoms with Crippen LogP contribution in [0.3, 0.4) is 0 Å². The molecule has 0 bridgehead atoms. The van der Waals surface area contributed by atoms with E-state index in [0.29, 0.717) is 6.54 Å². The van der Waals surface area contributed by atoms with Crippen molar-refractivity contribution in [1.29, 1.82) is 0 Å². The predicted molar refractivity (Wildman–Crippen MR) is 73.0 cm³/mol. The molecule has 1 heterocycles. The fourth-order valence-corrected chi connectivity index (χ4v) is 2.35. The number of primary amides is 1. The van der Waals surface area contributed by atoms with Crippen molar-refractivity contribution in [3.05, 3.63) is 0 Å². The van der Waals surface area contributed by atoms with Gasteiger partial charge in [-0.05, 0) is 26.2 Å². The van der Waals surface area contributed by atoms with Crippen molar-refractivity contribution in [3.63, 3.8) is 0 Å². The van der Waals surface area contributed by atoms with E-state index in [1.54, 1.807) is 4.90 Å². The molecule has 0 aromatic heterocycles. The molecule has 20 heavy (non-hydrogen) atoms. The molecular formula is C13H23N3O4. The van der Waals surface area contributed by atoms with Crippen LogP contribution in [-0.4, -0.2) is 46.5 Å². The lowest BCUT2D eigenvalue weighted by atomic mass is 10.1. The van der Waals surface area contributed by atoms with Crippen LogP contribution in [0.1, 0.15) is 45.4 Å². The van der Waals surface area contributed by atoms with E-state index in [0.717, 1.165) is 25.7 Å². The largest absolute Gasteiger partial charge is 0.480 e. The normalized spacial score (nSPS) is 20.9. The van der Waals surface area contributed by atoms with Crippen LogP contribution < -0.4 is 11.1 Å². The van der Waals surface area contributed by atoms with Crippen LogP contribution >= 0.6 is 0 Å². The molecule has 7 heteroatoms. The van der Waals surface area contributed by atoms with E-state index in [-0.39, 0.29) is 24.9 Å². The standard InChI is InChI=1S/C13H23N3O4/c1-9-5-3-2-4-8-16(9)13(20)15-10(12(18)19)6-7-11(14)17/h9-10H,2-8H2,1H3,(H2,14,17)(H,15,20)(H,18,19)/t9?,10-/m1/s1. The van der Waals surface area contributed by atoms with E-state index in [1.165, 1.54) is 0 Å². The molecule has 0 saturated carbocycles. The third-order valence-corrected chi connectivity index (χ3v) is 3.59. The molecular weight excluding hydrogens is 262 g/mol. The Balaban J connectivity index is 2.59. The van der Waals surface area contributed by atoms with Gasteiger partial charge < -0.3 is 21.1 Å². The summed E-state index contributed by atoms with van der Waals surface area (Å²) in [5, 5.41) is 11.5. The predicted octanol–water partition coefficient (Wildman–Crippen LogP) is 0.679. The number of carbonyl (C=O) groups is 3. The van der Waals surface area contributed by atoms with E-state index in [1.807, 2.05) is 6.92 Å². The smallest absolute Gasteiger partial charge is 0.326 e. The Labute approximate surface area is 118 Å². The number of carboxylic acid groups (broad SMARTS) is 1. The second-order valence-corrected chi connectivity index (χ2v) is 5.24. The summed E-state index contributed by atoms with van der Waals surface area (Å²) < 4.78 is 0. The second-order valence-electron chi connectivity index (χ2n) is 5.24. The lowest BCUT2D eigenvalue weighted by molar-refractivity contribution is -0.139. The number of carbonyl (C=O) groups excluding carboxylic acids is 2. The molecule has 1 fully saturated rings. The summed E-state index contributed by atoms with van der Waals surface area (Å²) in [4.78, 5) is 35.6. The average molecular weight is 285 g/mol. The lowest BCUT2D eigenvalue weighted by Gasteiger charge is -2.28. The first-order chi connectivity index (χ1) is 9.41. The Kier molecular flexibility index (Phi) is 6.27. The quantitative estimate of drug-likeness (QED) is 0.689. The molecule has 1 aliphatic rings. The summed E-state index contributed by atoms with van der Waals surface area (Å²) in [6.07, 6.45) is 3.96. The number of carboxylic acids is 1. The SMILES string of the molecule is CC1CCCCCN1C(=O)N[C@H](CCC(N)=O)C(=O)O. The summed E-state index contributed by atoms with van der Waals surface area (Å²) in [5.41, 5.74) is 5.00. The van der Waals surface area contributed by atoms with Gasteiger partial charge in [-0.1, -0.05) is 12.8 Å². The van der Waals surface area contributed by atoms with E-state index in [2.05, 4.69) is 5.32 Å². The van der Waals surface area contributed by atoms with Gasteiger partial charge in [0.15, 0.2) is 0 Å². The van der Waals surface area contributed by atoms with Crippen molar-refractivity contribution in [2.45, 2.75) is 57.5 Å². The maximum atomic E-state index is 12.2. The average Bonchev–Trinajstić information content (AvgIpc) is 2.58. The zero-order valence-corrected chi connectivity index (χ0v) is 11.8. The van der Waals surface area contributed by atoms with E-state index in [9.17, 15) is 14.4 Å². The van der Waals surface area contributed by atoms with Crippen LogP contribution in [0.5, 0.6) is 0 Å². The molecule has 2 atom stereocenters. The number of urea groups is 1. The van der Waals surface area contributed by atoms with E-state index in [4.69, 9.17) is 10.8 Å². The van der Waals surface area contributed by atoms with Crippen LogP contribution in [0.15, 0.2) is 0 Å². The number of nitrogens with two attached hydrogens (primary N) is 1. The van der Waals surface area contributed by atoms with Gasteiger partial charge in [0.1, 0.15) is 6.04 Å². The van der Waals surface area contributed by atoms with Gasteiger partial charge in [-0.3, -0.25) is 4.79 Å². The van der Waals surface area contributed by atoms with Gasteiger partial charge >= 0.3 is 12.0 Å². The fraction of sp³-hybridized carbons (Fsp3) is 0.769. The Morgan fingerprint density at radius 3 is 2.65 bits per heavy atom. The minimum Gasteiger partial charge on any atom is -0.480 e. The van der Waals surface area contributed by atoms with Crippen LogP contribution in [0.2, 0.25) is 0 Å². The first kappa shape index (κ1) is 16.3. The summed E-state index contributed by atoms with van der Waals surface area (Å²) in [7, 11) is 0. The molecule has 1 unspecified atom stereocenters. The van der Waals surface area contributed by atoms with Gasteiger partial charge in [0, 0.05) is 19.0 Å². The Hall–Kier alpha value is -1.79. The Bertz CT molecular complexity index is 373. The highest BCUT2D eigenvalue weighted by atomic mass is 16.4. The van der Waals surface area contributed by atoms with Crippen molar-refractivity contribution in [2.24, 2.45) is 5.73 Å². The third kappa shape index (κ3) is 5.07. The molecule has 0 aromatic carbocycles. The summed E-state index contributed by atoms with van der Waals surface area (Å²) in [6, 6.07) is -1.36. The van der Waals surface area contributed by atoms with Crippen molar-refractivity contribution >= 4 is 17.9 Å². The third-order valence-electron chi connectivity index (χ3n) is 3.59. The van der Waals surface area contributed by atoms with Crippen LogP contribution in [0, 0.1) is 0 Å². The van der Waals surface area contributed by atoms with E-state index < -0.39 is 17.9 Å². The highest BCUT2D eigenvalue weighted by molar-refractivity contribution is 5.83. The van der Waals surface area contributed by atoms with Crippen molar-refractivity contribution in [1.82, 2.24) is 10.2 Å². The molecule has 4 N–H and O–H groups in total. The number of nitrogens with one attached hydrogen (secondary N) is 1. The maximum Gasteiger partial charge on any atom is 0.326 e. The number of aliphatic carboxylic acids is 1. The molecule has 1 aliphatic heterocycles. The number of nitrogens with zero attached hydrogens (tertiary/aromatic N) is 1. The molecule has 3 amide bonds. The van der Waals surface area contributed by atoms with Gasteiger partial charge in [-0.25, -0.2) is 9.59 Å². The number of likely N-dealkylation sites (tertiary alicyclic amines) is 1. The zero-order chi connectivity index (χ0) is 15.1. The lowest BCUT2D eigenvalue weighted by Crippen LogP contribution is -2.50. The van der Waals surface area contributed by atoms with Crippen molar-refractivity contribution in [2.75, 3.05) is 6.54 Å². The highest BCUT2D eigenvalue weighted by Crippen LogP contribution is 2.16. The van der Waals surface area contributed by atoms with Crippen molar-refractivity contribution in [3.8, 4) is 0 Å². The van der Waals surface area contributed by atoms with Crippen molar-refractivity contribution < 1.29 is 19.5 Å². The monoisotopic (exact) mass is 285 g/mol. The van der Waals surface area contributed by atoms with Crippen LogP contribution in [0.4, 0.5) is 4.79 Å². The van der Waals surface area contributed by atoms with Crippen LogP contribution in [-0.2, 0) is 9.59 Å². The first-order valence-electron chi connectivity index (χ1n) is 7.00. The number of hydrogen-bond donors (Lipinski definition) is 3. The summed E-state index contributed by atoms with van der Waals surface area (Å²) >= 11 is 0. The highest BCUT2D eigenvalue weighted by Gasteiger charge is 2.26. The second kappa shape index (κ2) is 7.72. The fourth-order valence-electron chi connectivity index (χ4n) is 2.35. The Morgan fingerprint density at radius 1 is 1.35 bits per heavy atom. The van der Waals surface area contributed by atoms with Gasteiger partial charge in [-0.2, -0.15) is 0 Å². The minimum atomic E-state index is -1.15. The first-order valence-corrected chi connectivity index (χ1v) is 7.00. The molecule has 1 rings (SSSR count). The van der Waals surface area contributed by atoms with Gasteiger partial charge in [-0.15, -0.1) is 0 Å². The molecule has 114 valence electrons. The zero-order valence-electron chi connectivity index (χ0n) is 11.8. The van der Waals surface area contributed by atoms with Crippen LogP contribution in [0.25, 0.3) is 0 Å². The molecule has 7 nitrogen and oxygen atoms in total. The van der Waals surface area contributed by atoms with E-state index >= 15 is 0 Å². The number of hydrogen-bond acceptors (Lipinski definition) is 3. The summed E-state index contributed by atoms with van der Waals surface area (Å²) in [6.45, 7) is 2.60. The summed E-state index contributed by atoms with van der Waals surface area (Å²) in [5.74, 6) is -1.73. The molecule has 0 radical (unpaired) electrons. The molecule has 0 aliphatic carbocycles. The number of rotatable bonds is 5.